The molecule has 0 bridgehead atoms. The van der Waals surface area contributed by atoms with E-state index in [0.29, 0.717) is 6.54 Å². The van der Waals surface area contributed by atoms with Crippen molar-refractivity contribution in [3.8, 4) is 0 Å². The minimum atomic E-state index is -4.17. The average molecular weight is 336 g/mol. The van der Waals surface area contributed by atoms with Crippen LogP contribution in [0, 0.1) is 10.1 Å². The van der Waals surface area contributed by atoms with E-state index in [1.165, 1.54) is 6.07 Å². The van der Waals surface area contributed by atoms with E-state index in [2.05, 4.69) is 0 Å². The molecule has 0 unspecified atom stereocenters. The molecule has 0 spiro atoms. The molecule has 22 heavy (non-hydrogen) atoms. The van der Waals surface area contributed by atoms with Crippen molar-refractivity contribution in [3.63, 3.8) is 0 Å². The molecule has 8 heteroatoms. The predicted octanol–water partition coefficient (Wildman–Crippen LogP) is 4.74. The van der Waals surface area contributed by atoms with Crippen LogP contribution in [0.5, 0.6) is 0 Å². The first-order valence-electron chi connectivity index (χ1n) is 7.38. The van der Waals surface area contributed by atoms with Gasteiger partial charge >= 0.3 is 11.2 Å². The van der Waals surface area contributed by atoms with Crippen LogP contribution in [0.3, 0.4) is 0 Å². The Balaban J connectivity index is 2.03. The molecule has 0 atom stereocenters. The minimum Gasteiger partial charge on any atom is -0.296 e. The molecule has 0 aromatic carbocycles. The van der Waals surface area contributed by atoms with Crippen molar-refractivity contribution in [2.45, 2.75) is 57.3 Å². The van der Waals surface area contributed by atoms with E-state index in [1.807, 2.05) is 4.90 Å². The lowest BCUT2D eigenvalue weighted by atomic mass is 9.94. The van der Waals surface area contributed by atoms with Crippen molar-refractivity contribution in [2.75, 3.05) is 6.54 Å². The fraction of sp³-hybridized carbons (Fsp3) is 0.714. The number of nitrogens with zero attached hydrogens (tertiary/aromatic N) is 2. The van der Waals surface area contributed by atoms with E-state index < -0.39 is 17.5 Å². The number of rotatable bonds is 6. The molecule has 2 rings (SSSR count). The van der Waals surface area contributed by atoms with E-state index in [0.717, 1.165) is 49.0 Å². The Morgan fingerprint density at radius 1 is 1.32 bits per heavy atom. The summed E-state index contributed by atoms with van der Waals surface area (Å²) < 4.78 is 37.6. The van der Waals surface area contributed by atoms with Crippen LogP contribution in [0.4, 0.5) is 18.2 Å². The summed E-state index contributed by atoms with van der Waals surface area (Å²) in [6.07, 6.45) is 0.0128. The zero-order valence-corrected chi connectivity index (χ0v) is 13.0. The van der Waals surface area contributed by atoms with Crippen molar-refractivity contribution >= 4 is 16.3 Å². The lowest BCUT2D eigenvalue weighted by molar-refractivity contribution is -0.380. The second-order valence-electron chi connectivity index (χ2n) is 5.68. The van der Waals surface area contributed by atoms with Gasteiger partial charge in [-0.25, -0.2) is 0 Å². The van der Waals surface area contributed by atoms with Crippen molar-refractivity contribution in [1.82, 2.24) is 4.90 Å². The van der Waals surface area contributed by atoms with Gasteiger partial charge < -0.3 is 0 Å². The van der Waals surface area contributed by atoms with Crippen LogP contribution in [0.25, 0.3) is 0 Å². The summed E-state index contributed by atoms with van der Waals surface area (Å²) in [5.41, 5.74) is 0.726. The van der Waals surface area contributed by atoms with Crippen LogP contribution >= 0.6 is 11.3 Å². The Bertz CT molecular complexity index is 499. The van der Waals surface area contributed by atoms with Crippen LogP contribution in [0.15, 0.2) is 11.4 Å². The molecule has 1 aromatic rings. The highest BCUT2D eigenvalue weighted by Gasteiger charge is 2.30. The third kappa shape index (κ3) is 5.24. The number of thiophene rings is 1. The Kier molecular flexibility index (Phi) is 5.80. The number of hydrogen-bond acceptors (Lipinski definition) is 4. The Morgan fingerprint density at radius 3 is 2.55 bits per heavy atom. The van der Waals surface area contributed by atoms with Gasteiger partial charge in [-0.05, 0) is 18.4 Å². The van der Waals surface area contributed by atoms with Crippen LogP contribution in [-0.2, 0) is 6.54 Å². The van der Waals surface area contributed by atoms with Gasteiger partial charge in [-0.15, -0.1) is 0 Å². The summed E-state index contributed by atoms with van der Waals surface area (Å²) in [6, 6.07) is 1.61. The van der Waals surface area contributed by atoms with Crippen LogP contribution in [-0.4, -0.2) is 28.6 Å². The smallest absolute Gasteiger partial charge is 0.296 e. The molecule has 1 aliphatic carbocycles. The molecule has 1 heterocycles. The molecule has 1 aromatic heterocycles. The van der Waals surface area contributed by atoms with E-state index in [-0.39, 0.29) is 17.6 Å². The summed E-state index contributed by atoms with van der Waals surface area (Å²) >= 11 is 1.02. The Morgan fingerprint density at radius 2 is 2.00 bits per heavy atom. The normalized spacial score (nSPS) is 17.1. The number of hydrogen-bond donors (Lipinski definition) is 0. The predicted molar refractivity (Wildman–Crippen MR) is 78.9 cm³/mol. The summed E-state index contributed by atoms with van der Waals surface area (Å²) in [5.74, 6) is 0. The largest absolute Gasteiger partial charge is 0.390 e. The first-order valence-corrected chi connectivity index (χ1v) is 8.26. The van der Waals surface area contributed by atoms with Gasteiger partial charge in [0.05, 0.1) is 11.3 Å². The van der Waals surface area contributed by atoms with Crippen LogP contribution in [0.1, 0.15) is 44.1 Å². The lowest BCUT2D eigenvalue weighted by Gasteiger charge is -2.34. The standard InChI is InChI=1S/C14H19F3N2O2S/c15-14(16,17)6-7-18(12-4-2-1-3-5-12)9-11-8-13(19(20)21)22-10-11/h8,10,12H,1-7,9H2. The van der Waals surface area contributed by atoms with Crippen LogP contribution in [0.2, 0.25) is 0 Å². The van der Waals surface area contributed by atoms with Gasteiger partial charge in [0.25, 0.3) is 0 Å². The molecule has 0 aliphatic heterocycles. The van der Waals surface area contributed by atoms with E-state index in [1.54, 1.807) is 5.38 Å². The molecule has 1 aliphatic rings. The van der Waals surface area contributed by atoms with E-state index in [9.17, 15) is 23.3 Å². The minimum absolute atomic E-state index is 0.0365. The van der Waals surface area contributed by atoms with E-state index >= 15 is 0 Å². The zero-order chi connectivity index (χ0) is 16.2. The first-order chi connectivity index (χ1) is 10.3. The highest BCUT2D eigenvalue weighted by Crippen LogP contribution is 2.29. The maximum Gasteiger partial charge on any atom is 0.390 e. The molecule has 4 nitrogen and oxygen atoms in total. The molecule has 0 saturated heterocycles. The van der Waals surface area contributed by atoms with Gasteiger partial charge in [0, 0.05) is 30.6 Å². The summed E-state index contributed by atoms with van der Waals surface area (Å²) in [6.45, 7) is 0.308. The summed E-state index contributed by atoms with van der Waals surface area (Å²) in [7, 11) is 0. The fourth-order valence-corrected chi connectivity index (χ4v) is 3.60. The highest BCUT2D eigenvalue weighted by atomic mass is 32.1. The highest BCUT2D eigenvalue weighted by molar-refractivity contribution is 7.13. The SMILES string of the molecule is O=[N+]([O-])c1cc(CN(CCC(F)(F)F)C2CCCCC2)cs1. The van der Waals surface area contributed by atoms with Gasteiger partial charge in [-0.1, -0.05) is 30.6 Å². The second-order valence-corrected chi connectivity index (χ2v) is 6.57. The molecule has 1 saturated carbocycles. The Hall–Kier alpha value is -1.15. The maximum atomic E-state index is 12.5. The Labute approximate surface area is 131 Å². The van der Waals surface area contributed by atoms with Gasteiger partial charge in [-0.2, -0.15) is 13.2 Å². The lowest BCUT2D eigenvalue weighted by Crippen LogP contribution is -2.38. The van der Waals surface area contributed by atoms with Crippen molar-refractivity contribution in [2.24, 2.45) is 0 Å². The van der Waals surface area contributed by atoms with Gasteiger partial charge in [-0.3, -0.25) is 15.0 Å². The van der Waals surface area contributed by atoms with Crippen molar-refractivity contribution in [1.29, 1.82) is 0 Å². The molecular formula is C14H19F3N2O2S. The molecular weight excluding hydrogens is 317 g/mol. The third-order valence-electron chi connectivity index (χ3n) is 3.98. The second kappa shape index (κ2) is 7.41. The van der Waals surface area contributed by atoms with Crippen LogP contribution < -0.4 is 0 Å². The zero-order valence-electron chi connectivity index (χ0n) is 12.1. The average Bonchev–Trinajstić information content (AvgIpc) is 2.92. The summed E-state index contributed by atoms with van der Waals surface area (Å²) in [4.78, 5) is 12.1. The monoisotopic (exact) mass is 336 g/mol. The van der Waals surface area contributed by atoms with Crippen molar-refractivity contribution in [3.05, 3.63) is 27.1 Å². The topological polar surface area (TPSA) is 46.4 Å². The van der Waals surface area contributed by atoms with E-state index in [4.69, 9.17) is 0 Å². The molecule has 1 fully saturated rings. The number of halogens is 3. The van der Waals surface area contributed by atoms with Crippen molar-refractivity contribution < 1.29 is 18.1 Å². The molecule has 124 valence electrons. The van der Waals surface area contributed by atoms with Gasteiger partial charge in [0.1, 0.15) is 0 Å². The maximum absolute atomic E-state index is 12.5. The van der Waals surface area contributed by atoms with Gasteiger partial charge in [0.2, 0.25) is 0 Å². The molecule has 0 amide bonds. The number of alkyl halides is 3. The number of nitro groups is 1. The third-order valence-corrected chi connectivity index (χ3v) is 4.91. The molecule has 0 N–H and O–H groups in total. The molecule has 0 radical (unpaired) electrons. The van der Waals surface area contributed by atoms with Gasteiger partial charge in [0.15, 0.2) is 0 Å². The first kappa shape index (κ1) is 17.2. The summed E-state index contributed by atoms with van der Waals surface area (Å²) in [5, 5.41) is 12.4. The fourth-order valence-electron chi connectivity index (χ4n) is 2.88. The quantitative estimate of drug-likeness (QED) is 0.556.